The van der Waals surface area contributed by atoms with Crippen LogP contribution < -0.4 is 4.74 Å². The summed E-state index contributed by atoms with van der Waals surface area (Å²) in [4.78, 5) is 4.83. The van der Waals surface area contributed by atoms with E-state index in [-0.39, 0.29) is 0 Å². The second-order valence-corrected chi connectivity index (χ2v) is 9.89. The molecule has 0 radical (unpaired) electrons. The first-order valence-corrected chi connectivity index (χ1v) is 11.3. The molecule has 1 aromatic heterocycles. The van der Waals surface area contributed by atoms with Gasteiger partial charge < -0.3 is 4.74 Å². The van der Waals surface area contributed by atoms with Gasteiger partial charge in [-0.05, 0) is 84.8 Å². The van der Waals surface area contributed by atoms with Crippen molar-refractivity contribution in [3.63, 3.8) is 0 Å². The number of ether oxygens (including phenoxy) is 1. The monoisotopic (exact) mass is 428 g/mol. The molecule has 0 N–H and O–H groups in total. The Morgan fingerprint density at radius 3 is 2.58 bits per heavy atom. The fourth-order valence-electron chi connectivity index (χ4n) is 5.16. The lowest BCUT2D eigenvalue weighted by Gasteiger charge is -2.24. The lowest BCUT2D eigenvalue weighted by atomic mass is 9.86. The molecule has 3 nitrogen and oxygen atoms in total. The molecule has 0 saturated heterocycles. The van der Waals surface area contributed by atoms with Crippen molar-refractivity contribution >= 4 is 32.3 Å². The van der Waals surface area contributed by atoms with E-state index in [2.05, 4.69) is 74.5 Å². The molecule has 0 amide bonds. The number of hydrogen-bond donors (Lipinski definition) is 0. The topological polar surface area (TPSA) is 45.9 Å². The van der Waals surface area contributed by atoms with Crippen LogP contribution in [-0.4, -0.2) is 4.98 Å². The van der Waals surface area contributed by atoms with Gasteiger partial charge in [0.25, 0.3) is 0 Å². The van der Waals surface area contributed by atoms with Crippen molar-refractivity contribution in [2.45, 2.75) is 34.1 Å². The standard InChI is InChI=1S/C30H24N2O/c1-17-5-8-22-18(2)29-25(13-21(22)11-17)28-27-23(9-10-32-28)24-12-19(15-30(3,4)16-31)6-7-20(24)14-26(27)33-29/h5-14H,15H2,1-4H3. The van der Waals surface area contributed by atoms with Crippen LogP contribution in [0, 0.1) is 30.6 Å². The Hall–Kier alpha value is -3.90. The second kappa shape index (κ2) is 6.80. The van der Waals surface area contributed by atoms with Crippen molar-refractivity contribution in [1.82, 2.24) is 4.98 Å². The molecule has 2 heterocycles. The van der Waals surface area contributed by atoms with Crippen LogP contribution in [0.4, 0.5) is 0 Å². The first-order chi connectivity index (χ1) is 15.8. The van der Waals surface area contributed by atoms with Crippen LogP contribution >= 0.6 is 0 Å². The number of pyridine rings is 1. The predicted molar refractivity (Wildman–Crippen MR) is 135 cm³/mol. The zero-order chi connectivity index (χ0) is 22.9. The summed E-state index contributed by atoms with van der Waals surface area (Å²) < 4.78 is 6.57. The average Bonchev–Trinajstić information content (AvgIpc) is 2.80. The van der Waals surface area contributed by atoms with Crippen molar-refractivity contribution < 1.29 is 4.74 Å². The third kappa shape index (κ3) is 2.98. The Morgan fingerprint density at radius 2 is 1.76 bits per heavy atom. The van der Waals surface area contributed by atoms with E-state index in [1.54, 1.807) is 0 Å². The highest BCUT2D eigenvalue weighted by molar-refractivity contribution is 6.16. The summed E-state index contributed by atoms with van der Waals surface area (Å²) in [5.74, 6) is 1.75. The Balaban J connectivity index is 1.64. The molecule has 6 rings (SSSR count). The first kappa shape index (κ1) is 19.8. The summed E-state index contributed by atoms with van der Waals surface area (Å²) in [6.45, 7) is 8.22. The number of nitrogens with zero attached hydrogens (tertiary/aromatic N) is 2. The van der Waals surface area contributed by atoms with Gasteiger partial charge in [0, 0.05) is 17.3 Å². The van der Waals surface area contributed by atoms with Crippen molar-refractivity contribution in [2.75, 3.05) is 0 Å². The molecule has 0 bridgehead atoms. The largest absolute Gasteiger partial charge is 0.456 e. The van der Waals surface area contributed by atoms with E-state index in [4.69, 9.17) is 9.72 Å². The SMILES string of the molecule is Cc1ccc2c(C)c3c(cc2c1)-c1nccc2c1c(cc1ccc(CC(C)(C)C#N)cc12)O3. The van der Waals surface area contributed by atoms with Gasteiger partial charge in [0.2, 0.25) is 0 Å². The van der Waals surface area contributed by atoms with Crippen LogP contribution in [0.2, 0.25) is 0 Å². The number of benzene rings is 4. The summed E-state index contributed by atoms with van der Waals surface area (Å²) in [5, 5.41) is 16.4. The van der Waals surface area contributed by atoms with Gasteiger partial charge in [0.05, 0.1) is 22.6 Å². The summed E-state index contributed by atoms with van der Waals surface area (Å²) in [6.07, 6.45) is 2.61. The molecular formula is C30H24N2O. The van der Waals surface area contributed by atoms with Crippen molar-refractivity contribution in [1.29, 1.82) is 5.26 Å². The molecule has 33 heavy (non-hydrogen) atoms. The van der Waals surface area contributed by atoms with Gasteiger partial charge in [-0.1, -0.05) is 42.0 Å². The van der Waals surface area contributed by atoms with Crippen LogP contribution in [0.1, 0.15) is 30.5 Å². The normalized spacial score (nSPS) is 12.6. The molecule has 160 valence electrons. The van der Waals surface area contributed by atoms with E-state index in [1.807, 2.05) is 20.0 Å². The fourth-order valence-corrected chi connectivity index (χ4v) is 5.16. The number of hydrogen-bond acceptors (Lipinski definition) is 3. The van der Waals surface area contributed by atoms with Gasteiger partial charge in [-0.25, -0.2) is 0 Å². The van der Waals surface area contributed by atoms with Crippen molar-refractivity contribution in [2.24, 2.45) is 5.41 Å². The lowest BCUT2D eigenvalue weighted by Crippen LogP contribution is -2.11. The van der Waals surface area contributed by atoms with Crippen LogP contribution in [-0.2, 0) is 6.42 Å². The molecule has 0 aliphatic carbocycles. The summed E-state index contributed by atoms with van der Waals surface area (Å²) in [5.41, 5.74) is 5.16. The van der Waals surface area contributed by atoms with Gasteiger partial charge in [-0.2, -0.15) is 5.26 Å². The van der Waals surface area contributed by atoms with E-state index in [9.17, 15) is 5.26 Å². The maximum Gasteiger partial charge on any atom is 0.140 e. The number of aryl methyl sites for hydroxylation is 2. The average molecular weight is 429 g/mol. The molecule has 5 aromatic rings. The highest BCUT2D eigenvalue weighted by Crippen LogP contribution is 2.50. The maximum atomic E-state index is 9.49. The van der Waals surface area contributed by atoms with Crippen LogP contribution in [0.5, 0.6) is 11.5 Å². The summed E-state index contributed by atoms with van der Waals surface area (Å²) in [6, 6.07) is 21.9. The predicted octanol–water partition coefficient (Wildman–Crippen LogP) is 8.02. The minimum atomic E-state index is -0.402. The number of nitriles is 1. The highest BCUT2D eigenvalue weighted by atomic mass is 16.5. The number of aromatic nitrogens is 1. The highest BCUT2D eigenvalue weighted by Gasteiger charge is 2.26. The van der Waals surface area contributed by atoms with Crippen LogP contribution in [0.3, 0.4) is 0 Å². The third-order valence-corrected chi connectivity index (χ3v) is 6.80. The Kier molecular flexibility index (Phi) is 4.07. The smallest absolute Gasteiger partial charge is 0.140 e. The zero-order valence-corrected chi connectivity index (χ0v) is 19.3. The van der Waals surface area contributed by atoms with Crippen LogP contribution in [0.15, 0.2) is 60.8 Å². The van der Waals surface area contributed by atoms with E-state index < -0.39 is 5.41 Å². The van der Waals surface area contributed by atoms with Crippen molar-refractivity contribution in [3.8, 4) is 28.8 Å². The summed E-state index contributed by atoms with van der Waals surface area (Å²) in [7, 11) is 0. The molecule has 4 aromatic carbocycles. The molecule has 0 unspecified atom stereocenters. The molecule has 0 saturated carbocycles. The molecule has 0 atom stereocenters. The Morgan fingerprint density at radius 1 is 0.909 bits per heavy atom. The van der Waals surface area contributed by atoms with E-state index >= 15 is 0 Å². The minimum Gasteiger partial charge on any atom is -0.456 e. The Labute approximate surface area is 193 Å². The Bertz CT molecular complexity index is 1670. The van der Waals surface area contributed by atoms with Gasteiger partial charge in [-0.15, -0.1) is 0 Å². The lowest BCUT2D eigenvalue weighted by molar-refractivity contribution is 0.484. The quantitative estimate of drug-likeness (QED) is 0.262. The molecule has 1 aliphatic rings. The summed E-state index contributed by atoms with van der Waals surface area (Å²) >= 11 is 0. The molecule has 0 spiro atoms. The maximum absolute atomic E-state index is 9.49. The van der Waals surface area contributed by atoms with Crippen molar-refractivity contribution in [3.05, 3.63) is 77.5 Å². The number of rotatable bonds is 2. The first-order valence-electron chi connectivity index (χ1n) is 11.3. The minimum absolute atomic E-state index is 0.402. The second-order valence-electron chi connectivity index (χ2n) is 9.89. The van der Waals surface area contributed by atoms with Gasteiger partial charge in [0.15, 0.2) is 0 Å². The van der Waals surface area contributed by atoms with E-state index in [1.165, 1.54) is 21.7 Å². The van der Waals surface area contributed by atoms with Gasteiger partial charge in [-0.3, -0.25) is 4.98 Å². The molecule has 1 aliphatic heterocycles. The van der Waals surface area contributed by atoms with Crippen LogP contribution in [0.25, 0.3) is 43.6 Å². The van der Waals surface area contributed by atoms with Gasteiger partial charge >= 0.3 is 0 Å². The van der Waals surface area contributed by atoms with Gasteiger partial charge in [0.1, 0.15) is 11.5 Å². The number of fused-ring (bicyclic) bond motifs is 5. The molecule has 0 fully saturated rings. The van der Waals surface area contributed by atoms with E-state index in [0.29, 0.717) is 6.42 Å². The fraction of sp³-hybridized carbons (Fsp3) is 0.200. The van der Waals surface area contributed by atoms with E-state index in [0.717, 1.165) is 50.0 Å². The molecular weight excluding hydrogens is 404 g/mol. The third-order valence-electron chi connectivity index (χ3n) is 6.80. The zero-order valence-electron chi connectivity index (χ0n) is 19.3. The molecule has 3 heteroatoms.